The number of hydrogen-bond acceptors (Lipinski definition) is 5. The molecule has 21 heavy (non-hydrogen) atoms. The van der Waals surface area contributed by atoms with Crippen LogP contribution in [0.4, 0.5) is 0 Å². The highest BCUT2D eigenvalue weighted by Gasteiger charge is 2.37. The number of carbonyl (C=O) groups is 1. The molecule has 0 aliphatic carbocycles. The van der Waals surface area contributed by atoms with E-state index in [2.05, 4.69) is 0 Å². The average Bonchev–Trinajstić information content (AvgIpc) is 2.52. The number of aliphatic hydroxyl groups excluding tert-OH is 1. The summed E-state index contributed by atoms with van der Waals surface area (Å²) >= 11 is 0. The topological polar surface area (TPSA) is 76.0 Å². The molecule has 5 heteroatoms. The van der Waals surface area contributed by atoms with Crippen molar-refractivity contribution in [3.05, 3.63) is 53.6 Å². The molecule has 3 rings (SSSR count). The van der Waals surface area contributed by atoms with Crippen LogP contribution >= 0.6 is 0 Å². The van der Waals surface area contributed by atoms with Crippen molar-refractivity contribution >= 4 is 5.78 Å². The summed E-state index contributed by atoms with van der Waals surface area (Å²) in [5, 5.41) is 19.9. The van der Waals surface area contributed by atoms with Gasteiger partial charge in [-0.3, -0.25) is 4.79 Å². The van der Waals surface area contributed by atoms with E-state index < -0.39 is 18.0 Å². The minimum Gasteiger partial charge on any atom is -0.504 e. The van der Waals surface area contributed by atoms with Gasteiger partial charge in [0.15, 0.2) is 29.5 Å². The van der Waals surface area contributed by atoms with Gasteiger partial charge in [0.2, 0.25) is 0 Å². The Morgan fingerprint density at radius 2 is 1.90 bits per heavy atom. The van der Waals surface area contributed by atoms with Crippen LogP contribution in [0.25, 0.3) is 0 Å². The largest absolute Gasteiger partial charge is 0.504 e. The first kappa shape index (κ1) is 13.5. The third kappa shape index (κ3) is 2.21. The minimum absolute atomic E-state index is 0.146. The highest BCUT2D eigenvalue weighted by atomic mass is 16.5. The summed E-state index contributed by atoms with van der Waals surface area (Å²) in [6, 6.07) is 11.7. The summed E-state index contributed by atoms with van der Waals surface area (Å²) in [7, 11) is 1.41. The molecule has 2 aromatic rings. The molecule has 108 valence electrons. The fraction of sp³-hybridized carbons (Fsp3) is 0.188. The summed E-state index contributed by atoms with van der Waals surface area (Å²) in [4.78, 5) is 12.3. The van der Waals surface area contributed by atoms with Gasteiger partial charge >= 0.3 is 0 Å². The predicted octanol–water partition coefficient (Wildman–Crippen LogP) is 2.08. The normalized spacial score (nSPS) is 20.6. The average molecular weight is 286 g/mol. The van der Waals surface area contributed by atoms with E-state index in [4.69, 9.17) is 9.47 Å². The van der Waals surface area contributed by atoms with Gasteiger partial charge in [-0.1, -0.05) is 30.3 Å². The van der Waals surface area contributed by atoms with Crippen LogP contribution in [0.3, 0.4) is 0 Å². The van der Waals surface area contributed by atoms with Crippen molar-refractivity contribution in [1.82, 2.24) is 0 Å². The van der Waals surface area contributed by atoms with E-state index in [0.29, 0.717) is 5.56 Å². The Hall–Kier alpha value is -2.53. The number of Topliss-reactive ketones (excluding diaryl/α,β-unsaturated/α-hetero) is 1. The Balaban J connectivity index is 2.06. The smallest absolute Gasteiger partial charge is 0.199 e. The Morgan fingerprint density at radius 3 is 2.57 bits per heavy atom. The highest BCUT2D eigenvalue weighted by Crippen LogP contribution is 2.41. The van der Waals surface area contributed by atoms with E-state index in [1.54, 1.807) is 12.1 Å². The van der Waals surface area contributed by atoms with Gasteiger partial charge in [-0.2, -0.15) is 0 Å². The second-order valence-electron chi connectivity index (χ2n) is 4.78. The zero-order chi connectivity index (χ0) is 15.0. The molecule has 2 unspecified atom stereocenters. The maximum Gasteiger partial charge on any atom is 0.199 e. The molecule has 2 N–H and O–H groups in total. The number of ether oxygens (including phenoxy) is 2. The second kappa shape index (κ2) is 5.10. The van der Waals surface area contributed by atoms with E-state index in [0.717, 1.165) is 0 Å². The number of ketones is 1. The molecule has 2 atom stereocenters. The molecule has 0 aromatic heterocycles. The number of aliphatic hydroxyl groups is 1. The molecule has 0 spiro atoms. The molecular weight excluding hydrogens is 272 g/mol. The fourth-order valence-electron chi connectivity index (χ4n) is 2.39. The molecule has 1 aliphatic heterocycles. The van der Waals surface area contributed by atoms with Crippen molar-refractivity contribution in [2.75, 3.05) is 7.11 Å². The SMILES string of the molecule is COc1cc2c(cc1O)C(=O)C(O)C(c1ccccc1)O2. The Bertz CT molecular complexity index is 681. The number of phenols is 1. The number of phenolic OH excluding ortho intramolecular Hbond substituents is 1. The van der Waals surface area contributed by atoms with Crippen LogP contribution in [-0.2, 0) is 0 Å². The zero-order valence-corrected chi connectivity index (χ0v) is 11.3. The zero-order valence-electron chi connectivity index (χ0n) is 11.3. The molecule has 0 amide bonds. The van der Waals surface area contributed by atoms with E-state index in [9.17, 15) is 15.0 Å². The summed E-state index contributed by atoms with van der Waals surface area (Å²) < 4.78 is 10.7. The van der Waals surface area contributed by atoms with Crippen LogP contribution in [0, 0.1) is 0 Å². The van der Waals surface area contributed by atoms with Crippen molar-refractivity contribution in [1.29, 1.82) is 0 Å². The van der Waals surface area contributed by atoms with E-state index in [1.807, 2.05) is 18.2 Å². The number of rotatable bonds is 2. The van der Waals surface area contributed by atoms with Gasteiger partial charge in [0.25, 0.3) is 0 Å². The maximum atomic E-state index is 12.3. The van der Waals surface area contributed by atoms with E-state index in [-0.39, 0.29) is 22.8 Å². The van der Waals surface area contributed by atoms with Crippen molar-refractivity contribution in [3.63, 3.8) is 0 Å². The summed E-state index contributed by atoms with van der Waals surface area (Å²) in [6.07, 6.45) is -2.09. The van der Waals surface area contributed by atoms with Crippen LogP contribution in [0.1, 0.15) is 22.0 Å². The summed E-state index contributed by atoms with van der Waals surface area (Å²) in [5.74, 6) is -0.153. The number of methoxy groups -OCH3 is 1. The quantitative estimate of drug-likeness (QED) is 0.884. The molecule has 0 saturated carbocycles. The summed E-state index contributed by atoms with van der Waals surface area (Å²) in [5.41, 5.74) is 0.851. The first-order valence-electron chi connectivity index (χ1n) is 6.46. The van der Waals surface area contributed by atoms with Crippen LogP contribution in [0.2, 0.25) is 0 Å². The first-order valence-corrected chi connectivity index (χ1v) is 6.46. The summed E-state index contributed by atoms with van der Waals surface area (Å²) in [6.45, 7) is 0. The lowest BCUT2D eigenvalue weighted by molar-refractivity contribution is 0.0214. The third-order valence-corrected chi connectivity index (χ3v) is 3.48. The molecular formula is C16H14O5. The van der Waals surface area contributed by atoms with Gasteiger partial charge in [0.1, 0.15) is 5.75 Å². The van der Waals surface area contributed by atoms with Crippen LogP contribution in [0.15, 0.2) is 42.5 Å². The van der Waals surface area contributed by atoms with Crippen molar-refractivity contribution in [3.8, 4) is 17.2 Å². The fourth-order valence-corrected chi connectivity index (χ4v) is 2.39. The molecule has 0 radical (unpaired) electrons. The van der Waals surface area contributed by atoms with Crippen LogP contribution in [-0.4, -0.2) is 29.2 Å². The van der Waals surface area contributed by atoms with Crippen molar-refractivity contribution < 1.29 is 24.5 Å². The van der Waals surface area contributed by atoms with E-state index >= 15 is 0 Å². The number of benzene rings is 2. The Labute approximate surface area is 121 Å². The van der Waals surface area contributed by atoms with Gasteiger partial charge in [-0.05, 0) is 11.6 Å². The lowest BCUT2D eigenvalue weighted by Gasteiger charge is -2.30. The highest BCUT2D eigenvalue weighted by molar-refractivity contribution is 6.03. The third-order valence-electron chi connectivity index (χ3n) is 3.48. The number of fused-ring (bicyclic) bond motifs is 1. The predicted molar refractivity (Wildman–Crippen MR) is 74.8 cm³/mol. The van der Waals surface area contributed by atoms with Gasteiger partial charge in [-0.15, -0.1) is 0 Å². The van der Waals surface area contributed by atoms with Crippen LogP contribution in [0.5, 0.6) is 17.2 Å². The number of hydrogen-bond donors (Lipinski definition) is 2. The lowest BCUT2D eigenvalue weighted by Crippen LogP contribution is -2.36. The molecule has 0 bridgehead atoms. The molecule has 1 aliphatic rings. The molecule has 1 heterocycles. The molecule has 0 saturated heterocycles. The number of carbonyl (C=O) groups excluding carboxylic acids is 1. The van der Waals surface area contributed by atoms with Crippen LogP contribution < -0.4 is 9.47 Å². The van der Waals surface area contributed by atoms with Crippen molar-refractivity contribution in [2.24, 2.45) is 0 Å². The molecule has 5 nitrogen and oxygen atoms in total. The monoisotopic (exact) mass is 286 g/mol. The van der Waals surface area contributed by atoms with Gasteiger partial charge in [0.05, 0.1) is 12.7 Å². The lowest BCUT2D eigenvalue weighted by atomic mass is 9.93. The maximum absolute atomic E-state index is 12.3. The minimum atomic E-state index is -1.31. The Kier molecular flexibility index (Phi) is 3.27. The van der Waals surface area contributed by atoms with Gasteiger partial charge in [-0.25, -0.2) is 0 Å². The van der Waals surface area contributed by atoms with Gasteiger partial charge in [0, 0.05) is 6.07 Å². The first-order chi connectivity index (χ1) is 10.1. The van der Waals surface area contributed by atoms with Crippen molar-refractivity contribution in [2.45, 2.75) is 12.2 Å². The molecule has 0 fully saturated rings. The van der Waals surface area contributed by atoms with E-state index in [1.165, 1.54) is 19.2 Å². The standard InChI is InChI=1S/C16H14O5/c1-20-13-8-12-10(7-11(13)17)14(18)15(19)16(21-12)9-5-3-2-4-6-9/h2-8,15-17,19H,1H3. The Morgan fingerprint density at radius 1 is 1.19 bits per heavy atom. The second-order valence-corrected chi connectivity index (χ2v) is 4.78. The molecule has 2 aromatic carbocycles. The number of aromatic hydroxyl groups is 1. The van der Waals surface area contributed by atoms with Gasteiger partial charge < -0.3 is 19.7 Å².